The fourth-order valence-electron chi connectivity index (χ4n) is 3.40. The van der Waals surface area contributed by atoms with Crippen LogP contribution in [-0.4, -0.2) is 53.3 Å². The van der Waals surface area contributed by atoms with Gasteiger partial charge in [0.15, 0.2) is 11.6 Å². The van der Waals surface area contributed by atoms with Crippen LogP contribution in [0.2, 0.25) is 0 Å². The van der Waals surface area contributed by atoms with E-state index in [-0.39, 0.29) is 61.6 Å². The Bertz CT molecular complexity index is 1280. The van der Waals surface area contributed by atoms with Gasteiger partial charge in [-0.3, -0.25) is 14.3 Å². The molecule has 0 aliphatic heterocycles. The Labute approximate surface area is 217 Å². The lowest BCUT2D eigenvalue weighted by atomic mass is 10.1. The van der Waals surface area contributed by atoms with Crippen molar-refractivity contribution in [1.29, 1.82) is 0 Å². The van der Waals surface area contributed by atoms with Gasteiger partial charge in [-0.2, -0.15) is 18.3 Å². The Balaban J connectivity index is 1.40. The average molecular weight is 537 g/mol. The average Bonchev–Trinajstić information content (AvgIpc) is 3.27. The number of anilines is 1. The Hall–Kier alpha value is -4.09. The molecule has 0 aliphatic rings. The number of ether oxygens (including phenoxy) is 2. The molecule has 2 amide bonds. The summed E-state index contributed by atoms with van der Waals surface area (Å²) in [5, 5.41) is 6.67. The number of aromatic nitrogens is 2. The number of carbonyl (C=O) groups excluding carboxylic acids is 2. The van der Waals surface area contributed by atoms with E-state index in [0.29, 0.717) is 5.69 Å². The molecule has 0 bridgehead atoms. The van der Waals surface area contributed by atoms with E-state index < -0.39 is 17.6 Å². The zero-order valence-electron chi connectivity index (χ0n) is 21.1. The van der Waals surface area contributed by atoms with Crippen molar-refractivity contribution in [2.45, 2.75) is 33.0 Å². The van der Waals surface area contributed by atoms with Crippen molar-refractivity contribution >= 4 is 17.5 Å². The minimum atomic E-state index is -4.48. The van der Waals surface area contributed by atoms with Gasteiger partial charge >= 0.3 is 6.18 Å². The minimum Gasteiger partial charge on any atom is -0.492 e. The van der Waals surface area contributed by atoms with Crippen molar-refractivity contribution in [2.75, 3.05) is 32.1 Å². The van der Waals surface area contributed by atoms with Gasteiger partial charge < -0.3 is 19.7 Å². The Kier molecular flexibility index (Phi) is 9.32. The topological polar surface area (TPSA) is 85.7 Å². The van der Waals surface area contributed by atoms with Crippen molar-refractivity contribution in [1.82, 2.24) is 14.7 Å². The first-order valence-corrected chi connectivity index (χ1v) is 11.7. The molecule has 1 N–H and O–H groups in total. The highest BCUT2D eigenvalue weighted by molar-refractivity contribution is 5.90. The van der Waals surface area contributed by atoms with Gasteiger partial charge in [0, 0.05) is 13.2 Å². The molecule has 1 aromatic heterocycles. The van der Waals surface area contributed by atoms with Gasteiger partial charge in [-0.05, 0) is 49.2 Å². The van der Waals surface area contributed by atoms with E-state index in [1.165, 1.54) is 60.2 Å². The molecule has 204 valence electrons. The van der Waals surface area contributed by atoms with Gasteiger partial charge in [0.1, 0.15) is 18.9 Å². The van der Waals surface area contributed by atoms with E-state index in [9.17, 15) is 27.2 Å². The third kappa shape index (κ3) is 8.22. The van der Waals surface area contributed by atoms with Gasteiger partial charge in [-0.25, -0.2) is 4.39 Å². The molecule has 0 radical (unpaired) electrons. The van der Waals surface area contributed by atoms with Crippen LogP contribution in [0.4, 0.5) is 23.2 Å². The molecule has 0 saturated carbocycles. The molecule has 3 rings (SSSR count). The van der Waals surface area contributed by atoms with Crippen LogP contribution < -0.4 is 14.8 Å². The molecule has 0 saturated heterocycles. The summed E-state index contributed by atoms with van der Waals surface area (Å²) in [6.45, 7) is 3.12. The number of hydrogen-bond donors (Lipinski definition) is 1. The zero-order valence-corrected chi connectivity index (χ0v) is 21.1. The number of hydrogen-bond acceptors (Lipinski definition) is 5. The summed E-state index contributed by atoms with van der Waals surface area (Å²) in [7, 11) is 1.53. The first-order chi connectivity index (χ1) is 17.9. The number of alkyl halides is 3. The van der Waals surface area contributed by atoms with Crippen LogP contribution in [0.5, 0.6) is 11.5 Å². The van der Waals surface area contributed by atoms with E-state index in [1.807, 2.05) is 0 Å². The van der Waals surface area contributed by atoms with Gasteiger partial charge in [0.25, 0.3) is 0 Å². The summed E-state index contributed by atoms with van der Waals surface area (Å²) in [4.78, 5) is 26.0. The van der Waals surface area contributed by atoms with Crippen molar-refractivity contribution in [2.24, 2.45) is 0 Å². The van der Waals surface area contributed by atoms with E-state index in [4.69, 9.17) is 9.47 Å². The Morgan fingerprint density at radius 3 is 2.55 bits per heavy atom. The Morgan fingerprint density at radius 2 is 1.84 bits per heavy atom. The van der Waals surface area contributed by atoms with Crippen LogP contribution in [0.15, 0.2) is 48.8 Å². The maximum Gasteiger partial charge on any atom is 0.416 e. The maximum atomic E-state index is 13.8. The van der Waals surface area contributed by atoms with Crippen LogP contribution in [-0.2, 0) is 22.3 Å². The second kappa shape index (κ2) is 12.4. The molecule has 2 aromatic carbocycles. The lowest BCUT2D eigenvalue weighted by molar-refractivity contribution is -0.138. The summed E-state index contributed by atoms with van der Waals surface area (Å²) in [5.41, 5.74) is 0.453. The summed E-state index contributed by atoms with van der Waals surface area (Å²) >= 11 is 0. The van der Waals surface area contributed by atoms with Crippen molar-refractivity contribution in [3.05, 3.63) is 71.3 Å². The molecule has 0 aliphatic carbocycles. The smallest absolute Gasteiger partial charge is 0.416 e. The SMILES string of the molecule is Cc1ccc(OCCC(=O)Nc2cnn(CC(=O)N(C)CCOc3ccc(C)c(C(F)(F)F)c3)c2)c(F)c1. The predicted molar refractivity (Wildman–Crippen MR) is 131 cm³/mol. The summed E-state index contributed by atoms with van der Waals surface area (Å²) in [6, 6.07) is 8.25. The lowest BCUT2D eigenvalue weighted by Gasteiger charge is -2.18. The van der Waals surface area contributed by atoms with Crippen LogP contribution in [0.1, 0.15) is 23.1 Å². The second-order valence-corrected chi connectivity index (χ2v) is 8.65. The van der Waals surface area contributed by atoms with E-state index in [2.05, 4.69) is 10.4 Å². The van der Waals surface area contributed by atoms with Gasteiger partial charge in [0.2, 0.25) is 11.8 Å². The molecule has 3 aromatic rings. The molecule has 8 nitrogen and oxygen atoms in total. The molecule has 38 heavy (non-hydrogen) atoms. The van der Waals surface area contributed by atoms with E-state index in [1.54, 1.807) is 13.0 Å². The molecular weight excluding hydrogens is 508 g/mol. The number of nitrogens with one attached hydrogen (secondary N) is 1. The van der Waals surface area contributed by atoms with Crippen molar-refractivity contribution in [3.8, 4) is 11.5 Å². The molecule has 0 unspecified atom stereocenters. The molecule has 0 atom stereocenters. The van der Waals surface area contributed by atoms with Gasteiger partial charge in [-0.15, -0.1) is 0 Å². The largest absolute Gasteiger partial charge is 0.492 e. The Morgan fingerprint density at radius 1 is 1.08 bits per heavy atom. The molecule has 0 spiro atoms. The highest BCUT2D eigenvalue weighted by atomic mass is 19.4. The van der Waals surface area contributed by atoms with E-state index in [0.717, 1.165) is 11.6 Å². The number of halogens is 4. The van der Waals surface area contributed by atoms with Gasteiger partial charge in [0.05, 0.1) is 37.0 Å². The van der Waals surface area contributed by atoms with Crippen LogP contribution in [0, 0.1) is 19.7 Å². The number of carbonyl (C=O) groups is 2. The fraction of sp³-hybridized carbons (Fsp3) is 0.346. The monoisotopic (exact) mass is 536 g/mol. The first kappa shape index (κ1) is 28.5. The third-order valence-corrected chi connectivity index (χ3v) is 5.52. The van der Waals surface area contributed by atoms with Crippen molar-refractivity contribution in [3.63, 3.8) is 0 Å². The highest BCUT2D eigenvalue weighted by Gasteiger charge is 2.32. The number of likely N-dealkylation sites (N-methyl/N-ethyl adjacent to an activating group) is 1. The maximum absolute atomic E-state index is 13.8. The number of nitrogens with zero attached hydrogens (tertiary/aromatic N) is 3. The lowest BCUT2D eigenvalue weighted by Crippen LogP contribution is -2.33. The van der Waals surface area contributed by atoms with Crippen LogP contribution in [0.3, 0.4) is 0 Å². The van der Waals surface area contributed by atoms with Crippen molar-refractivity contribution < 1.29 is 36.6 Å². The normalized spacial score (nSPS) is 11.2. The third-order valence-electron chi connectivity index (χ3n) is 5.52. The highest BCUT2D eigenvalue weighted by Crippen LogP contribution is 2.34. The minimum absolute atomic E-state index is 0.00241. The fourth-order valence-corrected chi connectivity index (χ4v) is 3.40. The zero-order chi connectivity index (χ0) is 27.9. The number of benzene rings is 2. The molecule has 1 heterocycles. The second-order valence-electron chi connectivity index (χ2n) is 8.65. The van der Waals surface area contributed by atoms with Gasteiger partial charge in [-0.1, -0.05) is 12.1 Å². The standard InChI is InChI=1S/C26H28F4N4O4/c1-17-4-7-23(22(27)12-17)38-10-8-24(35)32-19-14-31-34(15-19)16-25(36)33(3)9-11-37-20-6-5-18(2)21(13-20)26(28,29)30/h4-7,12-15H,8-11,16H2,1-3H3,(H,32,35). The quantitative estimate of drug-likeness (QED) is 0.362. The molecular formula is C26H28F4N4O4. The molecule has 0 fully saturated rings. The first-order valence-electron chi connectivity index (χ1n) is 11.7. The summed E-state index contributed by atoms with van der Waals surface area (Å²) in [5.74, 6) is -1.07. The van der Waals surface area contributed by atoms with E-state index >= 15 is 0 Å². The number of aryl methyl sites for hydroxylation is 2. The number of rotatable bonds is 11. The predicted octanol–water partition coefficient (Wildman–Crippen LogP) is 4.60. The summed E-state index contributed by atoms with van der Waals surface area (Å²) < 4.78 is 65.0. The molecule has 12 heteroatoms. The van der Waals surface area contributed by atoms with Crippen LogP contribution >= 0.6 is 0 Å². The summed E-state index contributed by atoms with van der Waals surface area (Å²) in [6.07, 6.45) is -1.64. The number of amides is 2. The van der Waals surface area contributed by atoms with Crippen LogP contribution in [0.25, 0.3) is 0 Å².